The van der Waals surface area contributed by atoms with Gasteiger partial charge in [-0.1, -0.05) is 17.7 Å². The minimum absolute atomic E-state index is 0.213. The van der Waals surface area contributed by atoms with Crippen molar-refractivity contribution in [2.45, 2.75) is 6.54 Å². The highest BCUT2D eigenvalue weighted by Gasteiger charge is 2.23. The van der Waals surface area contributed by atoms with Gasteiger partial charge in [0, 0.05) is 49.4 Å². The molecule has 1 saturated heterocycles. The van der Waals surface area contributed by atoms with E-state index in [1.54, 1.807) is 49.5 Å². The number of carbonyl (C=O) groups is 1. The van der Waals surface area contributed by atoms with Crippen LogP contribution in [0.25, 0.3) is 0 Å². The number of halogens is 2. The zero-order valence-electron chi connectivity index (χ0n) is 15.9. The quantitative estimate of drug-likeness (QED) is 0.818. The van der Waals surface area contributed by atoms with Crippen LogP contribution in [0.1, 0.15) is 5.56 Å². The van der Waals surface area contributed by atoms with Crippen molar-refractivity contribution in [2.24, 2.45) is 0 Å². The van der Waals surface area contributed by atoms with E-state index in [0.29, 0.717) is 60.5 Å². The molecule has 2 amide bonds. The Morgan fingerprint density at radius 2 is 1.89 bits per heavy atom. The van der Waals surface area contributed by atoms with Gasteiger partial charge in [0.1, 0.15) is 17.3 Å². The molecule has 2 aromatic carbocycles. The van der Waals surface area contributed by atoms with Crippen molar-refractivity contribution in [3.05, 3.63) is 52.8 Å². The molecule has 28 heavy (non-hydrogen) atoms. The van der Waals surface area contributed by atoms with Gasteiger partial charge in [0.05, 0.1) is 19.9 Å². The Kier molecular flexibility index (Phi) is 6.59. The van der Waals surface area contributed by atoms with Crippen molar-refractivity contribution in [1.29, 1.82) is 0 Å². The molecule has 8 heteroatoms. The first-order valence-corrected chi connectivity index (χ1v) is 9.33. The summed E-state index contributed by atoms with van der Waals surface area (Å²) in [5, 5.41) is 3.29. The molecule has 0 aliphatic carbocycles. The summed E-state index contributed by atoms with van der Waals surface area (Å²) in [6.07, 6.45) is 0. The molecular formula is C20H23ClFN3O3. The molecule has 6 nitrogen and oxygen atoms in total. The number of rotatable bonds is 5. The molecule has 1 aliphatic heterocycles. The third-order valence-corrected chi connectivity index (χ3v) is 5.11. The molecule has 1 N–H and O–H groups in total. The number of urea groups is 1. The number of nitrogens with zero attached hydrogens (tertiary/aromatic N) is 2. The second-order valence-electron chi connectivity index (χ2n) is 6.46. The molecule has 0 radical (unpaired) electrons. The lowest BCUT2D eigenvalue weighted by Crippen LogP contribution is -2.49. The number of anilines is 1. The van der Waals surface area contributed by atoms with Gasteiger partial charge in [0.25, 0.3) is 0 Å². The Balaban J connectivity index is 1.58. The van der Waals surface area contributed by atoms with Crippen molar-refractivity contribution in [3.8, 4) is 11.5 Å². The Labute approximate surface area is 168 Å². The van der Waals surface area contributed by atoms with Crippen molar-refractivity contribution >= 4 is 23.3 Å². The van der Waals surface area contributed by atoms with E-state index in [1.165, 1.54) is 6.07 Å². The molecule has 0 aromatic heterocycles. The van der Waals surface area contributed by atoms with Crippen molar-refractivity contribution in [1.82, 2.24) is 9.80 Å². The van der Waals surface area contributed by atoms with Crippen molar-refractivity contribution in [3.63, 3.8) is 0 Å². The van der Waals surface area contributed by atoms with Gasteiger partial charge in [0.2, 0.25) is 0 Å². The molecule has 0 saturated carbocycles. The lowest BCUT2D eigenvalue weighted by Gasteiger charge is -2.35. The van der Waals surface area contributed by atoms with Crippen LogP contribution in [-0.4, -0.2) is 56.2 Å². The number of ether oxygens (including phenoxy) is 2. The van der Waals surface area contributed by atoms with Crippen LogP contribution in [0.3, 0.4) is 0 Å². The fourth-order valence-electron chi connectivity index (χ4n) is 3.12. The van der Waals surface area contributed by atoms with Crippen LogP contribution >= 0.6 is 11.6 Å². The van der Waals surface area contributed by atoms with Crippen molar-refractivity contribution < 1.29 is 18.7 Å². The molecular weight excluding hydrogens is 385 g/mol. The van der Waals surface area contributed by atoms with Crippen LogP contribution in [-0.2, 0) is 6.54 Å². The van der Waals surface area contributed by atoms with Crippen molar-refractivity contribution in [2.75, 3.05) is 45.7 Å². The predicted octanol–water partition coefficient (Wildman–Crippen LogP) is 3.85. The monoisotopic (exact) mass is 407 g/mol. The summed E-state index contributed by atoms with van der Waals surface area (Å²) in [5.41, 5.74) is 1.04. The maximum atomic E-state index is 14.0. The topological polar surface area (TPSA) is 54.0 Å². The standard InChI is InChI=1S/C20H23ClFN3O3/c1-27-14-6-7-19(28-2)18(12-14)23-20(26)25-10-8-24(9-11-25)13-15-16(21)4-3-5-17(15)22/h3-7,12H,8-11,13H2,1-2H3,(H,23,26). The van der Waals surface area contributed by atoms with E-state index in [0.717, 1.165) is 0 Å². The molecule has 0 bridgehead atoms. The third-order valence-electron chi connectivity index (χ3n) is 4.75. The van der Waals surface area contributed by atoms with E-state index in [9.17, 15) is 9.18 Å². The lowest BCUT2D eigenvalue weighted by atomic mass is 10.2. The van der Waals surface area contributed by atoms with E-state index in [4.69, 9.17) is 21.1 Å². The number of benzene rings is 2. The number of methoxy groups -OCH3 is 2. The maximum Gasteiger partial charge on any atom is 0.322 e. The molecule has 0 unspecified atom stereocenters. The van der Waals surface area contributed by atoms with Crippen LogP contribution in [0.2, 0.25) is 5.02 Å². The number of hydrogen-bond donors (Lipinski definition) is 1. The summed E-state index contributed by atoms with van der Waals surface area (Å²) in [6.45, 7) is 2.75. The second kappa shape index (κ2) is 9.12. The Morgan fingerprint density at radius 3 is 2.54 bits per heavy atom. The van der Waals surface area contributed by atoms with Gasteiger partial charge in [-0.15, -0.1) is 0 Å². The Bertz CT molecular complexity index is 821. The van der Waals surface area contributed by atoms with Crippen LogP contribution in [0.15, 0.2) is 36.4 Å². The maximum absolute atomic E-state index is 14.0. The van der Waals surface area contributed by atoms with E-state index < -0.39 is 0 Å². The van der Waals surface area contributed by atoms with Crippen LogP contribution in [0, 0.1) is 5.82 Å². The zero-order valence-corrected chi connectivity index (χ0v) is 16.6. The molecule has 2 aromatic rings. The average Bonchev–Trinajstić information content (AvgIpc) is 2.71. The summed E-state index contributed by atoms with van der Waals surface area (Å²) < 4.78 is 24.5. The molecule has 0 atom stereocenters. The number of amides is 2. The van der Waals surface area contributed by atoms with Gasteiger partial charge in [-0.3, -0.25) is 4.90 Å². The number of nitrogens with one attached hydrogen (secondary N) is 1. The Morgan fingerprint density at radius 1 is 1.14 bits per heavy atom. The van der Waals surface area contributed by atoms with Gasteiger partial charge in [-0.25, -0.2) is 9.18 Å². The van der Waals surface area contributed by atoms with E-state index in [1.807, 2.05) is 0 Å². The number of hydrogen-bond acceptors (Lipinski definition) is 4. The third kappa shape index (κ3) is 4.66. The van der Waals surface area contributed by atoms with E-state index in [2.05, 4.69) is 10.2 Å². The molecule has 150 valence electrons. The first kappa shape index (κ1) is 20.2. The van der Waals surface area contributed by atoms with E-state index >= 15 is 0 Å². The minimum Gasteiger partial charge on any atom is -0.497 e. The second-order valence-corrected chi connectivity index (χ2v) is 6.87. The molecule has 0 spiro atoms. The normalized spacial score (nSPS) is 14.6. The Hall–Kier alpha value is -2.51. The largest absolute Gasteiger partial charge is 0.497 e. The highest BCUT2D eigenvalue weighted by Crippen LogP contribution is 2.29. The van der Waals surface area contributed by atoms with Crippen LogP contribution < -0.4 is 14.8 Å². The highest BCUT2D eigenvalue weighted by atomic mass is 35.5. The first-order valence-electron chi connectivity index (χ1n) is 8.95. The molecule has 1 aliphatic rings. The van der Waals surface area contributed by atoms with E-state index in [-0.39, 0.29) is 11.8 Å². The average molecular weight is 408 g/mol. The SMILES string of the molecule is COc1ccc(OC)c(NC(=O)N2CCN(Cc3c(F)cccc3Cl)CC2)c1. The molecule has 3 rings (SSSR count). The number of piperazine rings is 1. The van der Waals surface area contributed by atoms with Gasteiger partial charge >= 0.3 is 6.03 Å². The fraction of sp³-hybridized carbons (Fsp3) is 0.350. The summed E-state index contributed by atoms with van der Waals surface area (Å²) >= 11 is 6.11. The predicted molar refractivity (Wildman–Crippen MR) is 107 cm³/mol. The summed E-state index contributed by atoms with van der Waals surface area (Å²) in [5.74, 6) is 0.877. The summed E-state index contributed by atoms with van der Waals surface area (Å²) in [4.78, 5) is 16.4. The zero-order chi connectivity index (χ0) is 20.1. The van der Waals surface area contributed by atoms with Gasteiger partial charge in [-0.05, 0) is 24.3 Å². The van der Waals surface area contributed by atoms with Crippen LogP contribution in [0.4, 0.5) is 14.9 Å². The summed E-state index contributed by atoms with van der Waals surface area (Å²) in [6, 6.07) is 9.70. The van der Waals surface area contributed by atoms with Crippen LogP contribution in [0.5, 0.6) is 11.5 Å². The number of carbonyl (C=O) groups excluding carboxylic acids is 1. The smallest absolute Gasteiger partial charge is 0.322 e. The van der Waals surface area contributed by atoms with Gasteiger partial charge in [0.15, 0.2) is 0 Å². The molecule has 1 fully saturated rings. The summed E-state index contributed by atoms with van der Waals surface area (Å²) in [7, 11) is 3.11. The molecule has 1 heterocycles. The first-order chi connectivity index (χ1) is 13.5. The lowest BCUT2D eigenvalue weighted by molar-refractivity contribution is 0.142. The highest BCUT2D eigenvalue weighted by molar-refractivity contribution is 6.31. The van der Waals surface area contributed by atoms with Gasteiger partial charge < -0.3 is 19.7 Å². The fourth-order valence-corrected chi connectivity index (χ4v) is 3.34. The minimum atomic E-state index is -0.308. The van der Waals surface area contributed by atoms with Gasteiger partial charge in [-0.2, -0.15) is 0 Å².